The number of piperazine rings is 1. The SMILES string of the molecule is COc1ccccc1CCNC(=O)C1CN(S(C)(=O)=O)CCN1c1cc(C)nc(-n2ccnc2)n1. The molecule has 1 N–H and O–H groups in total. The van der Waals surface area contributed by atoms with Crippen LogP contribution in [0, 0.1) is 6.92 Å². The molecule has 1 unspecified atom stereocenters. The Hall–Kier alpha value is -3.51. The summed E-state index contributed by atoms with van der Waals surface area (Å²) < 4.78 is 32.9. The first-order valence-corrected chi connectivity index (χ1v) is 13.1. The number of carbonyl (C=O) groups is 1. The van der Waals surface area contributed by atoms with E-state index in [0.717, 1.165) is 23.3 Å². The highest BCUT2D eigenvalue weighted by Crippen LogP contribution is 2.22. The predicted molar refractivity (Wildman–Crippen MR) is 131 cm³/mol. The molecule has 0 saturated carbocycles. The standard InChI is InChI=1S/C23H29N7O4S/c1-17-14-21(27-23(26-17)28-11-10-24-16-28)30-13-12-29(35(3,32)33)15-19(30)22(31)25-9-8-18-6-4-5-7-20(18)34-2/h4-7,10-11,14,16,19H,8-9,12-13,15H2,1-3H3,(H,25,31). The highest BCUT2D eigenvalue weighted by molar-refractivity contribution is 7.88. The normalized spacial score (nSPS) is 16.8. The van der Waals surface area contributed by atoms with Gasteiger partial charge in [0.1, 0.15) is 23.9 Å². The Morgan fingerprint density at radius 2 is 2.03 bits per heavy atom. The maximum atomic E-state index is 13.3. The van der Waals surface area contributed by atoms with E-state index in [-0.39, 0.29) is 19.0 Å². The lowest BCUT2D eigenvalue weighted by atomic mass is 10.1. The minimum absolute atomic E-state index is 0.0305. The highest BCUT2D eigenvalue weighted by Gasteiger charge is 2.36. The summed E-state index contributed by atoms with van der Waals surface area (Å²) in [5.41, 5.74) is 1.70. The lowest BCUT2D eigenvalue weighted by Crippen LogP contribution is -2.60. The van der Waals surface area contributed by atoms with Gasteiger partial charge in [-0.2, -0.15) is 9.29 Å². The second-order valence-corrected chi connectivity index (χ2v) is 10.3. The summed E-state index contributed by atoms with van der Waals surface area (Å²) in [6.07, 6.45) is 6.71. The summed E-state index contributed by atoms with van der Waals surface area (Å²) in [4.78, 5) is 28.3. The van der Waals surface area contributed by atoms with E-state index in [1.54, 1.807) is 36.5 Å². The third-order valence-electron chi connectivity index (χ3n) is 5.86. The average molecular weight is 500 g/mol. The molecular formula is C23H29N7O4S. The van der Waals surface area contributed by atoms with Gasteiger partial charge in [-0.1, -0.05) is 18.2 Å². The van der Waals surface area contributed by atoms with Crippen molar-refractivity contribution in [1.29, 1.82) is 0 Å². The Morgan fingerprint density at radius 3 is 2.74 bits per heavy atom. The monoisotopic (exact) mass is 499 g/mol. The number of benzene rings is 1. The lowest BCUT2D eigenvalue weighted by molar-refractivity contribution is -0.122. The van der Waals surface area contributed by atoms with Crippen molar-refractivity contribution in [3.05, 3.63) is 60.3 Å². The molecule has 1 amide bonds. The van der Waals surface area contributed by atoms with Crippen LogP contribution in [0.4, 0.5) is 5.82 Å². The number of para-hydroxylation sites is 1. The van der Waals surface area contributed by atoms with Crippen LogP contribution in [0.25, 0.3) is 5.95 Å². The first kappa shape index (κ1) is 24.6. The quantitative estimate of drug-likeness (QED) is 0.483. The van der Waals surface area contributed by atoms with Crippen LogP contribution in [0.2, 0.25) is 0 Å². The van der Waals surface area contributed by atoms with Crippen molar-refractivity contribution in [1.82, 2.24) is 29.1 Å². The Bertz CT molecular complexity index is 1280. The zero-order valence-electron chi connectivity index (χ0n) is 20.0. The highest BCUT2D eigenvalue weighted by atomic mass is 32.2. The third kappa shape index (κ3) is 5.77. The fourth-order valence-electron chi connectivity index (χ4n) is 4.08. The van der Waals surface area contributed by atoms with Crippen molar-refractivity contribution in [3.8, 4) is 11.7 Å². The number of imidazole rings is 1. The largest absolute Gasteiger partial charge is 0.496 e. The van der Waals surface area contributed by atoms with Crippen LogP contribution in [-0.2, 0) is 21.2 Å². The van der Waals surface area contributed by atoms with Crippen molar-refractivity contribution in [3.63, 3.8) is 0 Å². The van der Waals surface area contributed by atoms with Crippen molar-refractivity contribution < 1.29 is 17.9 Å². The van der Waals surface area contributed by atoms with Crippen molar-refractivity contribution >= 4 is 21.7 Å². The minimum atomic E-state index is -3.46. The molecule has 0 aliphatic carbocycles. The molecule has 0 radical (unpaired) electrons. The number of rotatable bonds is 8. The molecule has 35 heavy (non-hydrogen) atoms. The number of ether oxygens (including phenoxy) is 1. The van der Waals surface area contributed by atoms with E-state index >= 15 is 0 Å². The molecule has 1 aromatic carbocycles. The van der Waals surface area contributed by atoms with Gasteiger partial charge in [-0.05, 0) is 25.0 Å². The Kier molecular flexibility index (Phi) is 7.31. The molecule has 1 saturated heterocycles. The van der Waals surface area contributed by atoms with E-state index in [1.165, 1.54) is 4.31 Å². The van der Waals surface area contributed by atoms with Crippen LogP contribution < -0.4 is 15.0 Å². The number of methoxy groups -OCH3 is 1. The van der Waals surface area contributed by atoms with E-state index in [0.29, 0.717) is 31.3 Å². The molecule has 1 aliphatic rings. The molecule has 3 aromatic rings. The van der Waals surface area contributed by atoms with Gasteiger partial charge in [0.05, 0.1) is 13.4 Å². The predicted octanol–water partition coefficient (Wildman–Crippen LogP) is 0.788. The van der Waals surface area contributed by atoms with E-state index in [9.17, 15) is 13.2 Å². The van der Waals surface area contributed by atoms with Crippen LogP contribution in [-0.4, -0.2) is 83.7 Å². The van der Waals surface area contributed by atoms with Crippen molar-refractivity contribution in [2.24, 2.45) is 0 Å². The second kappa shape index (κ2) is 10.4. The van der Waals surface area contributed by atoms with Crippen molar-refractivity contribution in [2.45, 2.75) is 19.4 Å². The zero-order valence-corrected chi connectivity index (χ0v) is 20.8. The van der Waals surface area contributed by atoms with E-state index < -0.39 is 16.1 Å². The molecular weight excluding hydrogens is 470 g/mol. The number of sulfonamides is 1. The molecule has 4 rings (SSSR count). The summed E-state index contributed by atoms with van der Waals surface area (Å²) in [5.74, 6) is 1.47. The molecule has 1 atom stereocenters. The fourth-order valence-corrected chi connectivity index (χ4v) is 4.91. The van der Waals surface area contributed by atoms with Crippen LogP contribution in [0.1, 0.15) is 11.3 Å². The number of nitrogens with zero attached hydrogens (tertiary/aromatic N) is 6. The first-order valence-electron chi connectivity index (χ1n) is 11.2. The van der Waals surface area contributed by atoms with Crippen LogP contribution >= 0.6 is 0 Å². The van der Waals surface area contributed by atoms with Crippen LogP contribution in [0.3, 0.4) is 0 Å². The van der Waals surface area contributed by atoms with Gasteiger partial charge >= 0.3 is 0 Å². The van der Waals surface area contributed by atoms with E-state index in [2.05, 4.69) is 20.3 Å². The number of hydrogen-bond donors (Lipinski definition) is 1. The first-order chi connectivity index (χ1) is 16.8. The summed E-state index contributed by atoms with van der Waals surface area (Å²) in [5, 5.41) is 2.96. The van der Waals surface area contributed by atoms with Crippen LogP contribution in [0.5, 0.6) is 5.75 Å². The van der Waals surface area contributed by atoms with Crippen molar-refractivity contribution in [2.75, 3.05) is 44.4 Å². The number of carbonyl (C=O) groups excluding carboxylic acids is 1. The molecule has 12 heteroatoms. The molecule has 1 aliphatic heterocycles. The maximum absolute atomic E-state index is 13.3. The van der Waals surface area contributed by atoms with Gasteiger partial charge in [-0.15, -0.1) is 0 Å². The molecule has 186 valence electrons. The summed E-state index contributed by atoms with van der Waals surface area (Å²) in [7, 11) is -1.85. The van der Waals surface area contributed by atoms with Crippen LogP contribution in [0.15, 0.2) is 49.1 Å². The van der Waals surface area contributed by atoms with E-state index in [4.69, 9.17) is 4.74 Å². The number of hydrogen-bond acceptors (Lipinski definition) is 8. The molecule has 2 aromatic heterocycles. The summed E-state index contributed by atoms with van der Waals surface area (Å²) in [6.45, 7) is 2.83. The summed E-state index contributed by atoms with van der Waals surface area (Å²) >= 11 is 0. The average Bonchev–Trinajstić information content (AvgIpc) is 3.38. The number of aromatic nitrogens is 4. The number of aryl methyl sites for hydroxylation is 1. The zero-order chi connectivity index (χ0) is 25.0. The lowest BCUT2D eigenvalue weighted by Gasteiger charge is -2.40. The number of amides is 1. The van der Waals surface area contributed by atoms with Gasteiger partial charge < -0.3 is 15.0 Å². The molecule has 0 bridgehead atoms. The maximum Gasteiger partial charge on any atom is 0.244 e. The van der Waals surface area contributed by atoms with Gasteiger partial charge in [0.2, 0.25) is 21.9 Å². The summed E-state index contributed by atoms with van der Waals surface area (Å²) in [6, 6.07) is 8.68. The smallest absolute Gasteiger partial charge is 0.244 e. The van der Waals surface area contributed by atoms with Gasteiger partial charge in [0.15, 0.2) is 0 Å². The van der Waals surface area contributed by atoms with Gasteiger partial charge in [-0.3, -0.25) is 9.36 Å². The second-order valence-electron chi connectivity index (χ2n) is 8.32. The fraction of sp³-hybridized carbons (Fsp3) is 0.391. The molecule has 11 nitrogen and oxygen atoms in total. The van der Waals surface area contributed by atoms with Gasteiger partial charge in [0, 0.05) is 50.3 Å². The Labute approximate surface area is 204 Å². The van der Waals surface area contributed by atoms with Gasteiger partial charge in [-0.25, -0.2) is 18.4 Å². The topological polar surface area (TPSA) is 123 Å². The minimum Gasteiger partial charge on any atom is -0.496 e. The van der Waals surface area contributed by atoms with Gasteiger partial charge in [0.25, 0.3) is 0 Å². The molecule has 1 fully saturated rings. The number of anilines is 1. The molecule has 0 spiro atoms. The Morgan fingerprint density at radius 1 is 1.23 bits per heavy atom. The number of nitrogens with one attached hydrogen (secondary N) is 1. The third-order valence-corrected chi connectivity index (χ3v) is 7.13. The van der Waals surface area contributed by atoms with E-state index in [1.807, 2.05) is 36.1 Å². The Balaban J connectivity index is 1.56. The molecule has 3 heterocycles.